The molecule has 27 heavy (non-hydrogen) atoms. The highest BCUT2D eigenvalue weighted by atomic mass is 32.2. The van der Waals surface area contributed by atoms with Crippen molar-refractivity contribution in [3.05, 3.63) is 65.2 Å². The summed E-state index contributed by atoms with van der Waals surface area (Å²) in [4.78, 5) is 2.99. The summed E-state index contributed by atoms with van der Waals surface area (Å²) in [7, 11) is -3.37. The van der Waals surface area contributed by atoms with Gasteiger partial charge in [0.1, 0.15) is 0 Å². The highest BCUT2D eigenvalue weighted by Crippen LogP contribution is 2.27. The number of sulfonamides is 1. The summed E-state index contributed by atoms with van der Waals surface area (Å²) in [6, 6.07) is 16.0. The zero-order chi connectivity index (χ0) is 18.9. The van der Waals surface area contributed by atoms with Crippen LogP contribution in [0.15, 0.2) is 53.4 Å². The van der Waals surface area contributed by atoms with Gasteiger partial charge >= 0.3 is 0 Å². The molecular weight excluding hydrogens is 356 g/mol. The van der Waals surface area contributed by atoms with Crippen LogP contribution in [0, 0.1) is 12.8 Å². The number of hydrogen-bond acceptors (Lipinski definition) is 3. The van der Waals surface area contributed by atoms with Gasteiger partial charge in [-0.2, -0.15) is 4.31 Å². The van der Waals surface area contributed by atoms with E-state index in [9.17, 15) is 8.42 Å². The van der Waals surface area contributed by atoms with Crippen LogP contribution in [0.25, 0.3) is 0 Å². The van der Waals surface area contributed by atoms with Crippen molar-refractivity contribution in [3.63, 3.8) is 0 Å². The van der Waals surface area contributed by atoms with E-state index >= 15 is 0 Å². The van der Waals surface area contributed by atoms with E-state index < -0.39 is 10.0 Å². The molecule has 2 heterocycles. The van der Waals surface area contributed by atoms with Gasteiger partial charge in [0, 0.05) is 32.7 Å². The monoisotopic (exact) mass is 384 g/mol. The van der Waals surface area contributed by atoms with Crippen LogP contribution in [0.5, 0.6) is 0 Å². The Morgan fingerprint density at radius 3 is 2.33 bits per heavy atom. The first-order valence-corrected chi connectivity index (χ1v) is 11.3. The maximum Gasteiger partial charge on any atom is 0.243 e. The molecular formula is C22H28N2O2S. The van der Waals surface area contributed by atoms with Crippen LogP contribution in [0.2, 0.25) is 0 Å². The fraction of sp³-hybridized carbons (Fsp3) is 0.455. The molecule has 2 aromatic rings. The molecule has 2 aliphatic rings. The molecule has 1 fully saturated rings. The molecule has 0 spiro atoms. The predicted molar refractivity (Wildman–Crippen MR) is 108 cm³/mol. The van der Waals surface area contributed by atoms with E-state index in [2.05, 4.69) is 29.2 Å². The smallest absolute Gasteiger partial charge is 0.243 e. The van der Waals surface area contributed by atoms with Crippen molar-refractivity contribution in [3.8, 4) is 0 Å². The van der Waals surface area contributed by atoms with E-state index in [1.807, 2.05) is 19.1 Å². The zero-order valence-corrected chi connectivity index (χ0v) is 16.8. The van der Waals surface area contributed by atoms with Crippen LogP contribution < -0.4 is 0 Å². The van der Waals surface area contributed by atoms with E-state index in [-0.39, 0.29) is 0 Å². The van der Waals surface area contributed by atoms with E-state index in [4.69, 9.17) is 0 Å². The van der Waals surface area contributed by atoms with Crippen molar-refractivity contribution in [1.29, 1.82) is 0 Å². The number of aryl methyl sites for hydroxylation is 1. The molecule has 2 aliphatic heterocycles. The Morgan fingerprint density at radius 1 is 0.926 bits per heavy atom. The van der Waals surface area contributed by atoms with Gasteiger partial charge in [0.05, 0.1) is 4.90 Å². The molecule has 0 aromatic heterocycles. The first kappa shape index (κ1) is 18.7. The lowest BCUT2D eigenvalue weighted by atomic mass is 9.94. The van der Waals surface area contributed by atoms with Crippen LogP contribution in [0.4, 0.5) is 0 Å². The summed E-state index contributed by atoms with van der Waals surface area (Å²) in [5.41, 5.74) is 3.75. The van der Waals surface area contributed by atoms with Crippen molar-refractivity contribution in [1.82, 2.24) is 9.21 Å². The molecule has 0 atom stereocenters. The Hall–Kier alpha value is -1.69. The van der Waals surface area contributed by atoms with E-state index in [0.717, 1.165) is 44.5 Å². The molecule has 0 radical (unpaired) electrons. The van der Waals surface area contributed by atoms with Gasteiger partial charge in [0.25, 0.3) is 0 Å². The molecule has 0 saturated carbocycles. The Morgan fingerprint density at radius 2 is 1.59 bits per heavy atom. The molecule has 2 aromatic carbocycles. The Balaban J connectivity index is 1.35. The molecule has 0 amide bonds. The van der Waals surface area contributed by atoms with Gasteiger partial charge in [-0.3, -0.25) is 4.90 Å². The summed E-state index contributed by atoms with van der Waals surface area (Å²) >= 11 is 0. The summed E-state index contributed by atoms with van der Waals surface area (Å²) in [6.45, 7) is 6.34. The first-order chi connectivity index (χ1) is 13.0. The summed E-state index contributed by atoms with van der Waals surface area (Å²) in [5.74, 6) is 0.582. The van der Waals surface area contributed by atoms with E-state index in [1.165, 1.54) is 11.1 Å². The quantitative estimate of drug-likeness (QED) is 0.811. The minimum absolute atomic E-state index is 0.455. The Bertz CT molecular complexity index is 902. The van der Waals surface area contributed by atoms with Crippen molar-refractivity contribution < 1.29 is 8.42 Å². The maximum absolute atomic E-state index is 13.0. The Kier molecular flexibility index (Phi) is 5.35. The van der Waals surface area contributed by atoms with Gasteiger partial charge in [-0.1, -0.05) is 42.5 Å². The molecule has 4 nitrogen and oxygen atoms in total. The lowest BCUT2D eigenvalue weighted by Gasteiger charge is -2.36. The molecule has 144 valence electrons. The molecule has 0 aliphatic carbocycles. The molecule has 4 rings (SSSR count). The average molecular weight is 385 g/mol. The standard InChI is InChI=1S/C22H28N2O2S/c1-18-6-2-5-9-22(18)27(25,26)24-14-10-19(11-15-24)16-23-13-12-20-7-3-4-8-21(20)17-23/h2-9,19H,10-17H2,1H3. The molecule has 0 bridgehead atoms. The number of benzene rings is 2. The zero-order valence-electron chi connectivity index (χ0n) is 16.0. The van der Waals surface area contributed by atoms with Crippen LogP contribution in [-0.4, -0.2) is 43.8 Å². The lowest BCUT2D eigenvalue weighted by Crippen LogP contribution is -2.42. The van der Waals surface area contributed by atoms with Crippen LogP contribution in [-0.2, 0) is 23.0 Å². The van der Waals surface area contributed by atoms with Gasteiger partial charge in [0.2, 0.25) is 10.0 Å². The normalized spacial score (nSPS) is 19.7. The van der Waals surface area contributed by atoms with Crippen LogP contribution in [0.3, 0.4) is 0 Å². The highest BCUT2D eigenvalue weighted by Gasteiger charge is 2.31. The number of rotatable bonds is 4. The van der Waals surface area contributed by atoms with Crippen molar-refractivity contribution in [2.24, 2.45) is 5.92 Å². The maximum atomic E-state index is 13.0. The molecule has 0 unspecified atom stereocenters. The summed E-state index contributed by atoms with van der Waals surface area (Å²) in [6.07, 6.45) is 3.02. The predicted octanol–water partition coefficient (Wildman–Crippen LogP) is 3.45. The van der Waals surface area contributed by atoms with Gasteiger partial charge in [0.15, 0.2) is 0 Å². The van der Waals surface area contributed by atoms with Crippen molar-refractivity contribution in [2.45, 2.75) is 37.6 Å². The minimum atomic E-state index is -3.37. The number of hydrogen-bond donors (Lipinski definition) is 0. The number of nitrogens with zero attached hydrogens (tertiary/aromatic N) is 2. The second-order valence-corrected chi connectivity index (χ2v) is 9.77. The van der Waals surface area contributed by atoms with Crippen molar-refractivity contribution >= 4 is 10.0 Å². The second kappa shape index (κ2) is 7.74. The number of fused-ring (bicyclic) bond motifs is 1. The third kappa shape index (κ3) is 3.96. The van der Waals surface area contributed by atoms with Crippen LogP contribution in [0.1, 0.15) is 29.5 Å². The number of piperidine rings is 1. The summed E-state index contributed by atoms with van der Waals surface area (Å²) < 4.78 is 27.6. The summed E-state index contributed by atoms with van der Waals surface area (Å²) in [5, 5.41) is 0. The average Bonchev–Trinajstić information content (AvgIpc) is 2.68. The van der Waals surface area contributed by atoms with Gasteiger partial charge in [-0.05, 0) is 54.9 Å². The fourth-order valence-corrected chi connectivity index (χ4v) is 6.09. The largest absolute Gasteiger partial charge is 0.298 e. The lowest BCUT2D eigenvalue weighted by molar-refractivity contribution is 0.171. The Labute approximate surface area is 162 Å². The third-order valence-electron chi connectivity index (χ3n) is 6.01. The molecule has 0 N–H and O–H groups in total. The van der Waals surface area contributed by atoms with Gasteiger partial charge < -0.3 is 0 Å². The SMILES string of the molecule is Cc1ccccc1S(=O)(=O)N1CCC(CN2CCc3ccccc3C2)CC1. The van der Waals surface area contributed by atoms with Gasteiger partial charge in [-0.25, -0.2) is 8.42 Å². The minimum Gasteiger partial charge on any atom is -0.298 e. The topological polar surface area (TPSA) is 40.6 Å². The highest BCUT2D eigenvalue weighted by molar-refractivity contribution is 7.89. The van der Waals surface area contributed by atoms with Gasteiger partial charge in [-0.15, -0.1) is 0 Å². The molecule has 5 heteroatoms. The second-order valence-electron chi connectivity index (χ2n) is 7.87. The fourth-order valence-electron chi connectivity index (χ4n) is 4.39. The first-order valence-electron chi connectivity index (χ1n) is 9.89. The van der Waals surface area contributed by atoms with E-state index in [0.29, 0.717) is 23.9 Å². The third-order valence-corrected chi connectivity index (χ3v) is 8.07. The molecule has 1 saturated heterocycles. The van der Waals surface area contributed by atoms with Crippen molar-refractivity contribution in [2.75, 3.05) is 26.2 Å². The van der Waals surface area contributed by atoms with E-state index in [1.54, 1.807) is 16.4 Å². The van der Waals surface area contributed by atoms with Crippen LogP contribution >= 0.6 is 0 Å².